The SMILES string of the molecule is CC1=C\C=C/C/C=C\CN(CCC(=O)N=O)/C(CON(C)C)=C\1. The van der Waals surface area contributed by atoms with E-state index < -0.39 is 5.91 Å². The van der Waals surface area contributed by atoms with Gasteiger partial charge in [0.05, 0.1) is 0 Å². The second-order valence-corrected chi connectivity index (χ2v) is 5.45. The molecule has 1 heterocycles. The first kappa shape index (κ1) is 19.0. The van der Waals surface area contributed by atoms with Crippen molar-refractivity contribution in [3.63, 3.8) is 0 Å². The maximum Gasteiger partial charge on any atom is 0.288 e. The van der Waals surface area contributed by atoms with Gasteiger partial charge in [-0.3, -0.25) is 9.63 Å². The fraction of sp³-hybridized carbons (Fsp3) is 0.471. The van der Waals surface area contributed by atoms with Gasteiger partial charge in [-0.1, -0.05) is 30.4 Å². The summed E-state index contributed by atoms with van der Waals surface area (Å²) >= 11 is 0. The standard InChI is InChI=1S/C17H25N3O3/c1-15-9-7-5-4-6-8-11-20(12-10-17(21)18-22)16(13-15)14-23-19(2)3/h5-9,13H,4,10-12,14H2,1-3H3/b7-5-,8-6-,15-9+,16-13-. The van der Waals surface area contributed by atoms with Crippen molar-refractivity contribution in [3.8, 4) is 0 Å². The number of nitroso groups, excluding NO2 is 1. The molecule has 23 heavy (non-hydrogen) atoms. The first-order chi connectivity index (χ1) is 11.0. The van der Waals surface area contributed by atoms with Gasteiger partial charge >= 0.3 is 0 Å². The van der Waals surface area contributed by atoms with Crippen molar-refractivity contribution in [2.45, 2.75) is 19.8 Å². The lowest BCUT2D eigenvalue weighted by Crippen LogP contribution is -2.30. The fourth-order valence-electron chi connectivity index (χ4n) is 2.03. The van der Waals surface area contributed by atoms with Gasteiger partial charge < -0.3 is 4.90 Å². The van der Waals surface area contributed by atoms with E-state index >= 15 is 0 Å². The first-order valence-electron chi connectivity index (χ1n) is 7.63. The maximum absolute atomic E-state index is 11.2. The Bertz CT molecular complexity index is 519. The molecule has 0 aromatic carbocycles. The summed E-state index contributed by atoms with van der Waals surface area (Å²) in [6.45, 7) is 3.48. The molecule has 0 bridgehead atoms. The lowest BCUT2D eigenvalue weighted by molar-refractivity contribution is -0.119. The van der Waals surface area contributed by atoms with E-state index in [0.29, 0.717) is 19.7 Å². The quantitative estimate of drug-likeness (QED) is 0.428. The van der Waals surface area contributed by atoms with Crippen LogP contribution in [0.5, 0.6) is 0 Å². The van der Waals surface area contributed by atoms with E-state index in [1.165, 1.54) is 0 Å². The molecular weight excluding hydrogens is 294 g/mol. The molecule has 1 rings (SSSR count). The number of carbonyl (C=O) groups excluding carboxylic acids is 1. The van der Waals surface area contributed by atoms with Gasteiger partial charge in [0.2, 0.25) is 0 Å². The zero-order valence-corrected chi connectivity index (χ0v) is 14.1. The summed E-state index contributed by atoms with van der Waals surface area (Å²) in [5.74, 6) is -0.634. The molecular formula is C17H25N3O3. The fourth-order valence-corrected chi connectivity index (χ4v) is 2.03. The van der Waals surface area contributed by atoms with E-state index in [4.69, 9.17) is 4.84 Å². The normalized spacial score (nSPS) is 23.2. The Kier molecular flexibility index (Phi) is 8.79. The molecule has 0 radical (unpaired) electrons. The molecule has 1 aliphatic rings. The van der Waals surface area contributed by atoms with E-state index in [2.05, 4.69) is 17.3 Å². The highest BCUT2D eigenvalue weighted by Crippen LogP contribution is 2.12. The van der Waals surface area contributed by atoms with E-state index in [1.807, 2.05) is 50.2 Å². The van der Waals surface area contributed by atoms with Gasteiger partial charge in [0.1, 0.15) is 6.61 Å². The molecule has 0 saturated carbocycles. The Balaban J connectivity index is 2.97. The topological polar surface area (TPSA) is 62.2 Å². The molecule has 1 amide bonds. The lowest BCUT2D eigenvalue weighted by Gasteiger charge is -2.27. The molecule has 0 aromatic rings. The smallest absolute Gasteiger partial charge is 0.288 e. The van der Waals surface area contributed by atoms with Crippen LogP contribution in [0.15, 0.2) is 52.9 Å². The van der Waals surface area contributed by atoms with Gasteiger partial charge in [-0.15, -0.1) is 4.91 Å². The first-order valence-corrected chi connectivity index (χ1v) is 7.63. The Hall–Kier alpha value is -2.05. The Labute approximate surface area is 137 Å². The minimum Gasteiger partial charge on any atom is -0.369 e. The highest BCUT2D eigenvalue weighted by atomic mass is 16.7. The Morgan fingerprint density at radius 3 is 2.83 bits per heavy atom. The molecule has 0 atom stereocenters. The van der Waals surface area contributed by atoms with Crippen molar-refractivity contribution in [1.29, 1.82) is 0 Å². The summed E-state index contributed by atoms with van der Waals surface area (Å²) in [6, 6.07) is 0. The number of amides is 1. The van der Waals surface area contributed by atoms with Gasteiger partial charge in [-0.2, -0.15) is 5.06 Å². The van der Waals surface area contributed by atoms with Crippen molar-refractivity contribution in [1.82, 2.24) is 9.96 Å². The summed E-state index contributed by atoms with van der Waals surface area (Å²) in [5, 5.41) is 4.10. The summed E-state index contributed by atoms with van der Waals surface area (Å²) in [4.78, 5) is 29.1. The van der Waals surface area contributed by atoms with Crippen molar-refractivity contribution >= 4 is 5.91 Å². The number of hydrogen-bond acceptors (Lipinski definition) is 5. The largest absolute Gasteiger partial charge is 0.369 e. The highest BCUT2D eigenvalue weighted by Gasteiger charge is 2.12. The van der Waals surface area contributed by atoms with Gasteiger partial charge in [-0.25, -0.2) is 0 Å². The van der Waals surface area contributed by atoms with Crippen LogP contribution in [-0.4, -0.2) is 49.7 Å². The van der Waals surface area contributed by atoms with Crippen LogP contribution in [0.2, 0.25) is 0 Å². The second-order valence-electron chi connectivity index (χ2n) is 5.45. The molecule has 6 nitrogen and oxygen atoms in total. The van der Waals surface area contributed by atoms with Crippen LogP contribution in [0.3, 0.4) is 0 Å². The van der Waals surface area contributed by atoms with Crippen molar-refractivity contribution < 1.29 is 9.63 Å². The third kappa shape index (κ3) is 8.23. The summed E-state index contributed by atoms with van der Waals surface area (Å²) in [5.41, 5.74) is 2.04. The number of nitrogens with zero attached hydrogens (tertiary/aromatic N) is 3. The molecule has 0 unspecified atom stereocenters. The number of hydroxylamine groups is 2. The number of carbonyl (C=O) groups is 1. The zero-order valence-electron chi connectivity index (χ0n) is 14.1. The highest BCUT2D eigenvalue weighted by molar-refractivity contribution is 5.76. The van der Waals surface area contributed by atoms with Crippen LogP contribution in [0.4, 0.5) is 0 Å². The Morgan fingerprint density at radius 1 is 1.35 bits per heavy atom. The zero-order chi connectivity index (χ0) is 17.1. The number of hydrogen-bond donors (Lipinski definition) is 0. The molecule has 0 aromatic heterocycles. The van der Waals surface area contributed by atoms with E-state index in [0.717, 1.165) is 17.7 Å². The van der Waals surface area contributed by atoms with E-state index in [9.17, 15) is 9.70 Å². The third-order valence-corrected chi connectivity index (χ3v) is 3.23. The Morgan fingerprint density at radius 2 is 2.13 bits per heavy atom. The monoisotopic (exact) mass is 319 g/mol. The minimum atomic E-state index is -0.634. The third-order valence-electron chi connectivity index (χ3n) is 3.23. The van der Waals surface area contributed by atoms with E-state index in [-0.39, 0.29) is 6.42 Å². The second kappa shape index (κ2) is 10.6. The van der Waals surface area contributed by atoms with E-state index in [1.54, 1.807) is 5.06 Å². The molecule has 126 valence electrons. The summed E-state index contributed by atoms with van der Waals surface area (Å²) < 4.78 is 0. The van der Waals surface area contributed by atoms with Crippen molar-refractivity contribution in [2.24, 2.45) is 5.18 Å². The van der Waals surface area contributed by atoms with Crippen molar-refractivity contribution in [2.75, 3.05) is 33.8 Å². The van der Waals surface area contributed by atoms with Crippen LogP contribution in [0, 0.1) is 4.91 Å². The average Bonchev–Trinajstić information content (AvgIpc) is 2.55. The van der Waals surface area contributed by atoms with Crippen LogP contribution >= 0.6 is 0 Å². The lowest BCUT2D eigenvalue weighted by atomic mass is 10.2. The van der Waals surface area contributed by atoms with Crippen molar-refractivity contribution in [3.05, 3.63) is 52.6 Å². The minimum absolute atomic E-state index is 0.0949. The summed E-state index contributed by atoms with van der Waals surface area (Å²) in [7, 11) is 3.64. The molecule has 0 spiro atoms. The van der Waals surface area contributed by atoms with Crippen LogP contribution < -0.4 is 0 Å². The van der Waals surface area contributed by atoms with Crippen LogP contribution in [-0.2, 0) is 9.63 Å². The predicted octanol–water partition coefficient (Wildman–Crippen LogP) is 2.81. The maximum atomic E-state index is 11.2. The molecule has 0 saturated heterocycles. The van der Waals surface area contributed by atoms with Crippen LogP contribution in [0.25, 0.3) is 0 Å². The molecule has 0 aliphatic carbocycles. The van der Waals surface area contributed by atoms with Gasteiger partial charge in [0, 0.05) is 44.5 Å². The summed E-state index contributed by atoms with van der Waals surface area (Å²) in [6.07, 6.45) is 13.2. The molecule has 0 N–H and O–H groups in total. The number of rotatable bonds is 6. The number of allylic oxidation sites excluding steroid dienone is 6. The van der Waals surface area contributed by atoms with Crippen LogP contribution in [0.1, 0.15) is 19.8 Å². The molecule has 0 fully saturated rings. The molecule has 6 heteroatoms. The predicted molar refractivity (Wildman–Crippen MR) is 91.4 cm³/mol. The van der Waals surface area contributed by atoms with Gasteiger partial charge in [-0.05, 0) is 25.0 Å². The molecule has 1 aliphatic heterocycles. The average molecular weight is 319 g/mol. The van der Waals surface area contributed by atoms with Gasteiger partial charge in [0.15, 0.2) is 0 Å². The van der Waals surface area contributed by atoms with Gasteiger partial charge in [0.25, 0.3) is 5.91 Å².